The second-order valence-corrected chi connectivity index (χ2v) is 6.79. The fourth-order valence-electron chi connectivity index (χ4n) is 2.47. The summed E-state index contributed by atoms with van der Waals surface area (Å²) in [5.74, 6) is 0.905. The van der Waals surface area contributed by atoms with Crippen LogP contribution in [0.5, 0.6) is 11.5 Å². The Hall–Kier alpha value is -2.57. The maximum absolute atomic E-state index is 12.5. The number of aromatic nitrogens is 1. The summed E-state index contributed by atoms with van der Waals surface area (Å²) in [5, 5.41) is 5.80. The highest BCUT2D eigenvalue weighted by Gasteiger charge is 2.17. The quantitative estimate of drug-likeness (QED) is 0.665. The van der Waals surface area contributed by atoms with E-state index in [1.807, 2.05) is 31.2 Å². The largest absolute Gasteiger partial charge is 0.493 e. The van der Waals surface area contributed by atoms with Crippen molar-refractivity contribution in [3.8, 4) is 22.1 Å². The first-order chi connectivity index (χ1) is 12.5. The van der Waals surface area contributed by atoms with Crippen molar-refractivity contribution < 1.29 is 14.3 Å². The first-order valence-electron chi connectivity index (χ1n) is 7.78. The lowest BCUT2D eigenvalue weighted by molar-refractivity contribution is 0.102. The Morgan fingerprint density at radius 2 is 2.00 bits per heavy atom. The minimum atomic E-state index is -0.292. The molecule has 26 heavy (non-hydrogen) atoms. The van der Waals surface area contributed by atoms with Crippen molar-refractivity contribution >= 4 is 34.5 Å². The topological polar surface area (TPSA) is 60.5 Å². The summed E-state index contributed by atoms with van der Waals surface area (Å²) >= 11 is 7.37. The van der Waals surface area contributed by atoms with Crippen LogP contribution in [0.2, 0.25) is 5.02 Å². The van der Waals surface area contributed by atoms with Gasteiger partial charge in [-0.15, -0.1) is 11.3 Å². The number of carbonyl (C=O) groups is 1. The summed E-state index contributed by atoms with van der Waals surface area (Å²) in [4.78, 5) is 17.0. The van der Waals surface area contributed by atoms with Crippen molar-refractivity contribution in [3.05, 3.63) is 58.1 Å². The Balaban J connectivity index is 1.88. The summed E-state index contributed by atoms with van der Waals surface area (Å²) in [5.41, 5.74) is 2.69. The number of thiazole rings is 1. The van der Waals surface area contributed by atoms with Gasteiger partial charge in [0.05, 0.1) is 19.8 Å². The second kappa shape index (κ2) is 7.76. The van der Waals surface area contributed by atoms with Crippen LogP contribution in [0.15, 0.2) is 41.8 Å². The number of rotatable bonds is 5. The molecule has 3 rings (SSSR count). The van der Waals surface area contributed by atoms with Crippen molar-refractivity contribution in [2.45, 2.75) is 6.92 Å². The molecule has 2 aromatic carbocycles. The van der Waals surface area contributed by atoms with Gasteiger partial charge in [-0.3, -0.25) is 4.79 Å². The molecule has 0 aliphatic rings. The Bertz CT molecular complexity index is 956. The first-order valence-corrected chi connectivity index (χ1v) is 9.03. The molecule has 3 aromatic rings. The number of ether oxygens (including phenoxy) is 2. The van der Waals surface area contributed by atoms with Crippen molar-refractivity contribution in [3.63, 3.8) is 0 Å². The Morgan fingerprint density at radius 1 is 1.19 bits per heavy atom. The average molecular weight is 389 g/mol. The molecule has 0 unspecified atom stereocenters. The zero-order valence-corrected chi connectivity index (χ0v) is 16.1. The molecule has 0 saturated heterocycles. The van der Waals surface area contributed by atoms with Crippen LogP contribution in [-0.4, -0.2) is 25.1 Å². The van der Waals surface area contributed by atoms with E-state index in [0.29, 0.717) is 32.9 Å². The molecule has 0 atom stereocenters. The molecule has 0 radical (unpaired) electrons. The number of aryl methyl sites for hydroxylation is 1. The Labute approximate surface area is 160 Å². The second-order valence-electron chi connectivity index (χ2n) is 5.49. The van der Waals surface area contributed by atoms with E-state index in [-0.39, 0.29) is 5.91 Å². The van der Waals surface area contributed by atoms with Gasteiger partial charge in [0.1, 0.15) is 10.7 Å². The molecule has 0 fully saturated rings. The lowest BCUT2D eigenvalue weighted by Crippen LogP contribution is -2.13. The minimum absolute atomic E-state index is 0.292. The molecule has 1 aromatic heterocycles. The van der Waals surface area contributed by atoms with Crippen LogP contribution in [0.25, 0.3) is 10.6 Å². The predicted octanol–water partition coefficient (Wildman–Crippen LogP) is 5.04. The normalized spacial score (nSPS) is 10.5. The predicted molar refractivity (Wildman–Crippen MR) is 105 cm³/mol. The smallest absolute Gasteiger partial charge is 0.275 e. The van der Waals surface area contributed by atoms with Crippen molar-refractivity contribution in [1.82, 2.24) is 4.98 Å². The van der Waals surface area contributed by atoms with E-state index in [2.05, 4.69) is 10.3 Å². The van der Waals surface area contributed by atoms with Gasteiger partial charge in [0.15, 0.2) is 11.5 Å². The first kappa shape index (κ1) is 18.2. The number of benzene rings is 2. The number of methoxy groups -OCH3 is 2. The third-order valence-corrected chi connectivity index (χ3v) is 4.93. The van der Waals surface area contributed by atoms with E-state index in [1.165, 1.54) is 11.3 Å². The van der Waals surface area contributed by atoms with Gasteiger partial charge in [-0.2, -0.15) is 0 Å². The number of hydrogen-bond donors (Lipinski definition) is 1. The van der Waals surface area contributed by atoms with Crippen molar-refractivity contribution in [2.75, 3.05) is 19.5 Å². The Morgan fingerprint density at radius 3 is 2.73 bits per heavy atom. The summed E-state index contributed by atoms with van der Waals surface area (Å²) in [7, 11) is 3.15. The van der Waals surface area contributed by atoms with Crippen molar-refractivity contribution in [2.24, 2.45) is 0 Å². The number of amides is 1. The summed E-state index contributed by atoms with van der Waals surface area (Å²) < 4.78 is 10.8. The van der Waals surface area contributed by atoms with Gasteiger partial charge in [0.25, 0.3) is 5.91 Å². The lowest BCUT2D eigenvalue weighted by atomic mass is 10.2. The van der Waals surface area contributed by atoms with E-state index < -0.39 is 0 Å². The van der Waals surface area contributed by atoms with E-state index in [0.717, 1.165) is 11.1 Å². The van der Waals surface area contributed by atoms with E-state index in [1.54, 1.807) is 31.7 Å². The molecule has 1 amide bonds. The highest BCUT2D eigenvalue weighted by Crippen LogP contribution is 2.39. The molecular formula is C19H17ClN2O3S. The fraction of sp³-hybridized carbons (Fsp3) is 0.158. The zero-order valence-electron chi connectivity index (χ0n) is 14.5. The molecule has 0 saturated carbocycles. The number of hydrogen-bond acceptors (Lipinski definition) is 5. The van der Waals surface area contributed by atoms with E-state index in [4.69, 9.17) is 21.1 Å². The fourth-order valence-corrected chi connectivity index (χ4v) is 3.47. The molecular weight excluding hydrogens is 372 g/mol. The van der Waals surface area contributed by atoms with Crippen LogP contribution in [-0.2, 0) is 0 Å². The monoisotopic (exact) mass is 388 g/mol. The molecule has 1 N–H and O–H groups in total. The number of anilines is 1. The highest BCUT2D eigenvalue weighted by atomic mass is 35.5. The molecule has 7 heteroatoms. The minimum Gasteiger partial charge on any atom is -0.493 e. The number of nitrogens with one attached hydrogen (secondary N) is 1. The summed E-state index contributed by atoms with van der Waals surface area (Å²) in [6, 6.07) is 10.9. The summed E-state index contributed by atoms with van der Waals surface area (Å²) in [6.45, 7) is 1.90. The zero-order chi connectivity index (χ0) is 18.7. The van der Waals surface area contributed by atoms with Gasteiger partial charge in [0.2, 0.25) is 0 Å². The molecule has 0 bridgehead atoms. The third-order valence-electron chi connectivity index (χ3n) is 3.82. The highest BCUT2D eigenvalue weighted by molar-refractivity contribution is 7.13. The van der Waals surface area contributed by atoms with Crippen LogP contribution in [0.1, 0.15) is 16.1 Å². The maximum Gasteiger partial charge on any atom is 0.275 e. The number of nitrogens with zero attached hydrogens (tertiary/aromatic N) is 1. The standard InChI is InChI=1S/C19H17ClN2O3S/c1-11-7-8-12(20)9-14(11)21-18(23)15-10-26-19(22-15)13-5-4-6-16(24-2)17(13)25-3/h4-10H,1-3H3,(H,21,23). The van der Waals surface area contributed by atoms with Gasteiger partial charge in [-0.25, -0.2) is 4.98 Å². The van der Waals surface area contributed by atoms with Gasteiger partial charge in [-0.1, -0.05) is 23.7 Å². The Kier molecular flexibility index (Phi) is 5.44. The number of para-hydroxylation sites is 1. The van der Waals surface area contributed by atoms with Crippen LogP contribution in [0.4, 0.5) is 5.69 Å². The van der Waals surface area contributed by atoms with Crippen LogP contribution in [0, 0.1) is 6.92 Å². The maximum atomic E-state index is 12.5. The lowest BCUT2D eigenvalue weighted by Gasteiger charge is -2.10. The van der Waals surface area contributed by atoms with Gasteiger partial charge < -0.3 is 14.8 Å². The third kappa shape index (κ3) is 3.66. The average Bonchev–Trinajstić information content (AvgIpc) is 3.14. The number of carbonyl (C=O) groups excluding carboxylic acids is 1. The SMILES string of the molecule is COc1cccc(-c2nc(C(=O)Nc3cc(Cl)ccc3C)cs2)c1OC. The molecule has 0 spiro atoms. The molecule has 0 aliphatic heterocycles. The molecule has 134 valence electrons. The molecule has 0 aliphatic carbocycles. The van der Waals surface area contributed by atoms with Gasteiger partial charge in [0, 0.05) is 16.1 Å². The van der Waals surface area contributed by atoms with E-state index in [9.17, 15) is 4.79 Å². The van der Waals surface area contributed by atoms with Crippen LogP contribution in [0.3, 0.4) is 0 Å². The molecule has 5 nitrogen and oxygen atoms in total. The van der Waals surface area contributed by atoms with Crippen LogP contribution < -0.4 is 14.8 Å². The van der Waals surface area contributed by atoms with E-state index >= 15 is 0 Å². The molecule has 1 heterocycles. The van der Waals surface area contributed by atoms with Crippen LogP contribution >= 0.6 is 22.9 Å². The summed E-state index contributed by atoms with van der Waals surface area (Å²) in [6.07, 6.45) is 0. The van der Waals surface area contributed by atoms with Crippen molar-refractivity contribution in [1.29, 1.82) is 0 Å². The van der Waals surface area contributed by atoms with Gasteiger partial charge in [-0.05, 0) is 36.8 Å². The van der Waals surface area contributed by atoms with Gasteiger partial charge >= 0.3 is 0 Å². The number of halogens is 1.